The maximum absolute atomic E-state index is 12.8. The molecule has 0 unspecified atom stereocenters. The molecule has 4 aromatic rings. The van der Waals surface area contributed by atoms with Crippen LogP contribution in [0.1, 0.15) is 40.6 Å². The first-order valence-corrected chi connectivity index (χ1v) is 14.2. The van der Waals surface area contributed by atoms with Crippen LogP contribution in [-0.4, -0.2) is 14.6 Å². The quantitative estimate of drug-likeness (QED) is 0.164. The minimum Gasteiger partial charge on any atom is -0.378 e. The van der Waals surface area contributed by atoms with E-state index in [2.05, 4.69) is 58.9 Å². The van der Waals surface area contributed by atoms with Gasteiger partial charge in [0.1, 0.15) is 4.90 Å². The van der Waals surface area contributed by atoms with Crippen molar-refractivity contribution in [2.75, 3.05) is 5.32 Å². The number of hydrogen-bond donors (Lipinski definition) is 1. The molecule has 4 aromatic carbocycles. The van der Waals surface area contributed by atoms with Crippen molar-refractivity contribution < 1.29 is 12.6 Å². The highest BCUT2D eigenvalue weighted by atomic mass is 32.2. The van der Waals surface area contributed by atoms with E-state index in [1.807, 2.05) is 25.1 Å². The lowest BCUT2D eigenvalue weighted by atomic mass is 9.77. The van der Waals surface area contributed by atoms with Gasteiger partial charge in [0.15, 0.2) is 5.75 Å². The van der Waals surface area contributed by atoms with Crippen LogP contribution in [0.3, 0.4) is 0 Å². The number of nitrogens with zero attached hydrogens (tertiary/aromatic N) is 1. The Kier molecular flexibility index (Phi) is 6.34. The topological polar surface area (TPSA) is 67.8 Å². The smallest absolute Gasteiger partial charge is 0.339 e. The maximum Gasteiger partial charge on any atom is 0.339 e. The monoisotopic (exact) mass is 520 g/mol. The molecule has 1 aliphatic heterocycles. The van der Waals surface area contributed by atoms with Gasteiger partial charge in [-0.25, -0.2) is 0 Å². The number of nitrogens with one attached hydrogen (secondary N) is 1. The largest absolute Gasteiger partial charge is 0.378 e. The third-order valence-corrected chi connectivity index (χ3v) is 8.55. The van der Waals surface area contributed by atoms with Gasteiger partial charge in [0.25, 0.3) is 0 Å². The number of para-hydroxylation sites is 2. The Hall–Kier alpha value is -4.16. The lowest BCUT2D eigenvalue weighted by Gasteiger charge is -2.37. The second kappa shape index (κ2) is 9.95. The highest BCUT2D eigenvalue weighted by Gasteiger charge is 2.37. The predicted molar refractivity (Wildman–Crippen MR) is 152 cm³/mol. The molecule has 0 saturated heterocycles. The van der Waals surface area contributed by atoms with Gasteiger partial charge in [-0.05, 0) is 72.9 Å². The third-order valence-electron chi connectivity index (χ3n) is 7.31. The second-order valence-corrected chi connectivity index (χ2v) is 11.3. The molecule has 0 fully saturated rings. The van der Waals surface area contributed by atoms with E-state index in [1.54, 1.807) is 48.7 Å². The molecule has 1 N–H and O–H groups in total. The molecule has 0 saturated carbocycles. The van der Waals surface area contributed by atoms with E-state index in [0.29, 0.717) is 17.4 Å². The summed E-state index contributed by atoms with van der Waals surface area (Å²) in [5.74, 6) is 1.15. The van der Waals surface area contributed by atoms with Crippen molar-refractivity contribution in [3.63, 3.8) is 0 Å². The van der Waals surface area contributed by atoms with Crippen LogP contribution in [0.5, 0.6) is 5.75 Å². The first-order chi connectivity index (χ1) is 18.5. The van der Waals surface area contributed by atoms with Crippen LogP contribution in [0.4, 0.5) is 11.4 Å². The van der Waals surface area contributed by atoms with Crippen molar-refractivity contribution >= 4 is 27.7 Å². The first-order valence-electron chi connectivity index (χ1n) is 12.7. The molecule has 6 heteroatoms. The van der Waals surface area contributed by atoms with E-state index in [-0.39, 0.29) is 16.7 Å². The molecule has 0 spiro atoms. The maximum atomic E-state index is 12.8. The Morgan fingerprint density at radius 2 is 1.63 bits per heavy atom. The number of aryl methyl sites for hydroxylation is 1. The molecule has 6 rings (SSSR count). The molecule has 190 valence electrons. The number of aliphatic imine (C=N–C) groups is 1. The van der Waals surface area contributed by atoms with Crippen molar-refractivity contribution in [2.24, 2.45) is 10.9 Å². The van der Waals surface area contributed by atoms with Gasteiger partial charge in [-0.1, -0.05) is 72.3 Å². The number of allylic oxidation sites excluding steroid dienone is 2. The van der Waals surface area contributed by atoms with Gasteiger partial charge in [0.05, 0.1) is 11.7 Å². The van der Waals surface area contributed by atoms with E-state index < -0.39 is 10.1 Å². The van der Waals surface area contributed by atoms with E-state index >= 15 is 0 Å². The Morgan fingerprint density at radius 3 is 2.45 bits per heavy atom. The van der Waals surface area contributed by atoms with Crippen LogP contribution >= 0.6 is 0 Å². The van der Waals surface area contributed by atoms with E-state index in [4.69, 9.17) is 4.18 Å². The summed E-state index contributed by atoms with van der Waals surface area (Å²) in [4.78, 5) is 4.72. The Labute approximate surface area is 223 Å². The molecular formula is C32H28N2O3S. The van der Waals surface area contributed by atoms with E-state index in [1.165, 1.54) is 16.8 Å². The minimum absolute atomic E-state index is 0.115. The van der Waals surface area contributed by atoms with Gasteiger partial charge in [0.2, 0.25) is 0 Å². The minimum atomic E-state index is -3.96. The van der Waals surface area contributed by atoms with Crippen LogP contribution in [0.25, 0.3) is 0 Å². The molecule has 38 heavy (non-hydrogen) atoms. The summed E-state index contributed by atoms with van der Waals surface area (Å²) in [6.45, 7) is 1.91. The fourth-order valence-electron chi connectivity index (χ4n) is 5.32. The molecular weight excluding hydrogens is 492 g/mol. The summed E-state index contributed by atoms with van der Waals surface area (Å²) in [5.41, 5.74) is 6.13. The Bertz CT molecular complexity index is 1620. The van der Waals surface area contributed by atoms with Gasteiger partial charge in [-0.3, -0.25) is 4.99 Å². The number of anilines is 1. The molecule has 3 atom stereocenters. The molecule has 1 heterocycles. The molecule has 1 aliphatic carbocycles. The number of fused-ring (bicyclic) bond motifs is 3. The SMILES string of the molecule is Cc1ccc(S(=O)(=O)Oc2ccccc2C=Nc2ccc([C@@H]3Nc4ccccc4[C@H]4C=CC[C@@H]43)cc2)cc1. The first kappa shape index (κ1) is 24.2. The van der Waals surface area contributed by atoms with Gasteiger partial charge in [-0.2, -0.15) is 8.42 Å². The molecule has 0 amide bonds. The summed E-state index contributed by atoms with van der Waals surface area (Å²) < 4.78 is 31.1. The van der Waals surface area contributed by atoms with Crippen molar-refractivity contribution in [3.8, 4) is 5.75 Å². The highest BCUT2D eigenvalue weighted by Crippen LogP contribution is 2.49. The number of rotatable bonds is 6. The summed E-state index contributed by atoms with van der Waals surface area (Å²) in [7, 11) is -3.96. The fourth-order valence-corrected chi connectivity index (χ4v) is 6.27. The highest BCUT2D eigenvalue weighted by molar-refractivity contribution is 7.87. The average Bonchev–Trinajstić information content (AvgIpc) is 3.43. The van der Waals surface area contributed by atoms with Crippen molar-refractivity contribution in [2.45, 2.75) is 30.2 Å². The van der Waals surface area contributed by atoms with Gasteiger partial charge >= 0.3 is 10.1 Å². The standard InChI is InChI=1S/C32H28N2O3S/c1-22-13-19-26(20-14-22)38(35,36)37-31-12-5-2-7-24(31)21-33-25-17-15-23(16-18-25)32-29-10-6-9-27(29)28-8-3-4-11-30(28)34-32/h2-9,11-21,27,29,32,34H,10H2,1H3/t27-,29+,32+/m1/s1. The van der Waals surface area contributed by atoms with Crippen LogP contribution in [0.15, 0.2) is 119 Å². The third kappa shape index (κ3) is 4.75. The van der Waals surface area contributed by atoms with Crippen molar-refractivity contribution in [1.82, 2.24) is 0 Å². The molecule has 2 aliphatic rings. The Balaban J connectivity index is 1.20. The number of benzene rings is 4. The van der Waals surface area contributed by atoms with Gasteiger partial charge < -0.3 is 9.50 Å². The summed E-state index contributed by atoms with van der Waals surface area (Å²) in [6, 6.07) is 30.6. The predicted octanol–water partition coefficient (Wildman–Crippen LogP) is 7.34. The second-order valence-electron chi connectivity index (χ2n) is 9.80. The van der Waals surface area contributed by atoms with Gasteiger partial charge in [0, 0.05) is 23.4 Å². The fraction of sp³-hybridized carbons (Fsp3) is 0.156. The van der Waals surface area contributed by atoms with E-state index in [9.17, 15) is 8.42 Å². The van der Waals surface area contributed by atoms with Crippen LogP contribution < -0.4 is 9.50 Å². The summed E-state index contributed by atoms with van der Waals surface area (Å²) in [5, 5.41) is 3.76. The summed E-state index contributed by atoms with van der Waals surface area (Å²) in [6.07, 6.45) is 7.33. The lowest BCUT2D eigenvalue weighted by Crippen LogP contribution is -2.28. The van der Waals surface area contributed by atoms with Crippen molar-refractivity contribution in [3.05, 3.63) is 131 Å². The van der Waals surface area contributed by atoms with Crippen molar-refractivity contribution in [1.29, 1.82) is 0 Å². The van der Waals surface area contributed by atoms with Crippen LogP contribution in [0, 0.1) is 12.8 Å². The Morgan fingerprint density at radius 1 is 0.895 bits per heavy atom. The zero-order valence-electron chi connectivity index (χ0n) is 21.0. The molecule has 0 radical (unpaired) electrons. The average molecular weight is 521 g/mol. The van der Waals surface area contributed by atoms with Gasteiger partial charge in [-0.15, -0.1) is 0 Å². The number of hydrogen-bond acceptors (Lipinski definition) is 5. The normalized spacial score (nSPS) is 20.1. The zero-order valence-corrected chi connectivity index (χ0v) is 21.8. The molecule has 5 nitrogen and oxygen atoms in total. The van der Waals surface area contributed by atoms with Crippen LogP contribution in [-0.2, 0) is 10.1 Å². The van der Waals surface area contributed by atoms with Crippen LogP contribution in [0.2, 0.25) is 0 Å². The molecule has 0 aromatic heterocycles. The summed E-state index contributed by atoms with van der Waals surface area (Å²) >= 11 is 0. The molecule has 0 bridgehead atoms. The zero-order chi connectivity index (χ0) is 26.1. The van der Waals surface area contributed by atoms with E-state index in [0.717, 1.165) is 17.7 Å². The lowest BCUT2D eigenvalue weighted by molar-refractivity contribution is 0.425.